The quantitative estimate of drug-likeness (QED) is 0.830. The van der Waals surface area contributed by atoms with Crippen LogP contribution in [0.1, 0.15) is 49.8 Å². The Morgan fingerprint density at radius 1 is 1.27 bits per heavy atom. The van der Waals surface area contributed by atoms with Crippen LogP contribution in [0.4, 0.5) is 0 Å². The lowest BCUT2D eigenvalue weighted by Gasteiger charge is -2.39. The van der Waals surface area contributed by atoms with Crippen LogP contribution in [0.5, 0.6) is 5.88 Å². The van der Waals surface area contributed by atoms with E-state index in [2.05, 4.69) is 15.3 Å². The van der Waals surface area contributed by atoms with Gasteiger partial charge in [-0.1, -0.05) is 19.3 Å². The molecule has 2 unspecified atom stereocenters. The van der Waals surface area contributed by atoms with Crippen molar-refractivity contribution in [2.75, 3.05) is 19.8 Å². The van der Waals surface area contributed by atoms with Crippen LogP contribution in [0.15, 0.2) is 4.79 Å². The van der Waals surface area contributed by atoms with Crippen LogP contribution in [0, 0.1) is 17.8 Å². The van der Waals surface area contributed by atoms with Gasteiger partial charge in [0.15, 0.2) is 6.61 Å². The number of ether oxygens (including phenoxy) is 2. The number of fused-ring (bicyclic) bond motifs is 3. The molecule has 26 heavy (non-hydrogen) atoms. The van der Waals surface area contributed by atoms with Gasteiger partial charge >= 0.3 is 5.69 Å². The summed E-state index contributed by atoms with van der Waals surface area (Å²) in [4.78, 5) is 30.4. The number of H-pyrrole nitrogens is 1. The van der Waals surface area contributed by atoms with Crippen molar-refractivity contribution < 1.29 is 14.3 Å². The Morgan fingerprint density at radius 2 is 2.08 bits per heavy atom. The first-order chi connectivity index (χ1) is 12.7. The highest BCUT2D eigenvalue weighted by atomic mass is 16.5. The fourth-order valence-corrected chi connectivity index (χ4v) is 4.83. The van der Waals surface area contributed by atoms with Crippen LogP contribution >= 0.6 is 0 Å². The van der Waals surface area contributed by atoms with E-state index in [4.69, 9.17) is 9.47 Å². The lowest BCUT2D eigenvalue weighted by molar-refractivity contribution is -0.123. The number of aromatic amines is 1. The first kappa shape index (κ1) is 17.5. The first-order valence-electron chi connectivity index (χ1n) is 9.76. The largest absolute Gasteiger partial charge is 0.467 e. The van der Waals surface area contributed by atoms with E-state index in [1.165, 1.54) is 38.5 Å². The number of amides is 1. The molecule has 2 aliphatic carbocycles. The van der Waals surface area contributed by atoms with Gasteiger partial charge in [-0.05, 0) is 37.0 Å². The highest BCUT2D eigenvalue weighted by Crippen LogP contribution is 2.42. The average Bonchev–Trinajstić information content (AvgIpc) is 2.64. The maximum absolute atomic E-state index is 12.2. The third-order valence-electron chi connectivity index (χ3n) is 5.98. The molecule has 3 aliphatic rings. The molecule has 0 aromatic carbocycles. The molecule has 2 bridgehead atoms. The molecule has 7 nitrogen and oxygen atoms in total. The van der Waals surface area contributed by atoms with E-state index in [1.807, 2.05) is 0 Å². The standard InChI is InChI=1S/C19H27N3O4/c23-17(20-9-14-7-12-2-1-3-13(6-12)8-14)11-26-18-15-10-25-5-4-16(15)21-19(24)22-18/h12-14H,1-11H2,(H,20,23)(H,21,22,24). The summed E-state index contributed by atoms with van der Waals surface area (Å²) in [5.74, 6) is 2.35. The summed E-state index contributed by atoms with van der Waals surface area (Å²) in [7, 11) is 0. The molecule has 0 radical (unpaired) electrons. The van der Waals surface area contributed by atoms with Crippen molar-refractivity contribution in [2.24, 2.45) is 17.8 Å². The molecule has 2 N–H and O–H groups in total. The molecule has 2 atom stereocenters. The maximum Gasteiger partial charge on any atom is 0.348 e. The van der Waals surface area contributed by atoms with Crippen molar-refractivity contribution in [3.8, 4) is 5.88 Å². The Morgan fingerprint density at radius 3 is 2.88 bits per heavy atom. The molecular weight excluding hydrogens is 334 g/mol. The molecule has 2 fully saturated rings. The van der Waals surface area contributed by atoms with Crippen LogP contribution < -0.4 is 15.7 Å². The molecule has 0 saturated heterocycles. The predicted molar refractivity (Wildman–Crippen MR) is 94.9 cm³/mol. The summed E-state index contributed by atoms with van der Waals surface area (Å²) in [5, 5.41) is 3.00. The fraction of sp³-hybridized carbons (Fsp3) is 0.737. The zero-order chi connectivity index (χ0) is 17.9. The minimum atomic E-state index is -0.449. The number of carbonyl (C=O) groups is 1. The lowest BCUT2D eigenvalue weighted by atomic mass is 9.68. The van der Waals surface area contributed by atoms with Gasteiger partial charge in [0.2, 0.25) is 5.88 Å². The Bertz CT molecular complexity index is 705. The van der Waals surface area contributed by atoms with Crippen molar-refractivity contribution in [1.82, 2.24) is 15.3 Å². The van der Waals surface area contributed by atoms with Gasteiger partial charge in [-0.2, -0.15) is 4.98 Å². The van der Waals surface area contributed by atoms with E-state index in [9.17, 15) is 9.59 Å². The number of hydrogen-bond donors (Lipinski definition) is 2. The van der Waals surface area contributed by atoms with E-state index in [-0.39, 0.29) is 18.4 Å². The molecule has 2 saturated carbocycles. The smallest absolute Gasteiger partial charge is 0.348 e. The van der Waals surface area contributed by atoms with Crippen LogP contribution in [-0.4, -0.2) is 35.6 Å². The molecular formula is C19H27N3O4. The molecule has 0 spiro atoms. The van der Waals surface area contributed by atoms with E-state index in [0.717, 1.165) is 29.6 Å². The van der Waals surface area contributed by atoms with Gasteiger partial charge in [0.1, 0.15) is 0 Å². The summed E-state index contributed by atoms with van der Waals surface area (Å²) in [5.41, 5.74) is 1.08. The van der Waals surface area contributed by atoms with E-state index in [0.29, 0.717) is 25.6 Å². The highest BCUT2D eigenvalue weighted by molar-refractivity contribution is 5.77. The van der Waals surface area contributed by atoms with Crippen molar-refractivity contribution >= 4 is 5.91 Å². The van der Waals surface area contributed by atoms with Crippen molar-refractivity contribution in [2.45, 2.75) is 51.6 Å². The number of hydrogen-bond acceptors (Lipinski definition) is 5. The Kier molecular flexibility index (Phi) is 5.24. The number of aromatic nitrogens is 2. The molecule has 4 rings (SSSR count). The number of carbonyl (C=O) groups excluding carboxylic acids is 1. The van der Waals surface area contributed by atoms with Crippen molar-refractivity contribution in [3.05, 3.63) is 21.7 Å². The van der Waals surface area contributed by atoms with Gasteiger partial charge in [-0.15, -0.1) is 0 Å². The third-order valence-corrected chi connectivity index (χ3v) is 5.98. The molecule has 7 heteroatoms. The van der Waals surface area contributed by atoms with Crippen LogP contribution in [0.2, 0.25) is 0 Å². The first-order valence-corrected chi connectivity index (χ1v) is 9.76. The van der Waals surface area contributed by atoms with Crippen LogP contribution in [-0.2, 0) is 22.6 Å². The van der Waals surface area contributed by atoms with E-state index in [1.54, 1.807) is 0 Å². The third kappa shape index (κ3) is 4.09. The SMILES string of the molecule is O=C(COc1nc(=O)[nH]c2c1COCC2)NCC1CC2CCCC(C2)C1. The number of nitrogens with one attached hydrogen (secondary N) is 2. The summed E-state index contributed by atoms with van der Waals surface area (Å²) >= 11 is 0. The average molecular weight is 361 g/mol. The number of rotatable bonds is 5. The van der Waals surface area contributed by atoms with Crippen molar-refractivity contribution in [3.63, 3.8) is 0 Å². The summed E-state index contributed by atoms with van der Waals surface area (Å²) in [6.45, 7) is 1.51. The zero-order valence-electron chi connectivity index (χ0n) is 15.1. The monoisotopic (exact) mass is 361 g/mol. The van der Waals surface area contributed by atoms with E-state index < -0.39 is 5.69 Å². The molecule has 1 amide bonds. The summed E-state index contributed by atoms with van der Waals surface area (Å²) in [6, 6.07) is 0. The zero-order valence-corrected chi connectivity index (χ0v) is 15.1. The van der Waals surface area contributed by atoms with Gasteiger partial charge in [0, 0.05) is 18.7 Å². The minimum absolute atomic E-state index is 0.123. The topological polar surface area (TPSA) is 93.3 Å². The highest BCUT2D eigenvalue weighted by Gasteiger charge is 2.31. The second-order valence-electron chi connectivity index (χ2n) is 7.94. The Labute approximate surface area is 152 Å². The van der Waals surface area contributed by atoms with E-state index >= 15 is 0 Å². The maximum atomic E-state index is 12.2. The molecule has 142 valence electrons. The molecule has 1 aromatic rings. The second kappa shape index (κ2) is 7.78. The van der Waals surface area contributed by atoms with Crippen LogP contribution in [0.3, 0.4) is 0 Å². The molecule has 2 heterocycles. The van der Waals surface area contributed by atoms with Gasteiger partial charge in [-0.3, -0.25) is 4.79 Å². The molecule has 1 aliphatic heterocycles. The van der Waals surface area contributed by atoms with Gasteiger partial charge < -0.3 is 19.8 Å². The minimum Gasteiger partial charge on any atom is -0.467 e. The van der Waals surface area contributed by atoms with Crippen molar-refractivity contribution in [1.29, 1.82) is 0 Å². The predicted octanol–water partition coefficient (Wildman–Crippen LogP) is 1.55. The summed E-state index contributed by atoms with van der Waals surface area (Å²) < 4.78 is 10.9. The van der Waals surface area contributed by atoms with Gasteiger partial charge in [0.05, 0.1) is 18.8 Å². The van der Waals surface area contributed by atoms with Crippen LogP contribution in [0.25, 0.3) is 0 Å². The fourth-order valence-electron chi connectivity index (χ4n) is 4.83. The van der Waals surface area contributed by atoms with Gasteiger partial charge in [0.25, 0.3) is 5.91 Å². The Balaban J connectivity index is 1.28. The lowest BCUT2D eigenvalue weighted by Crippen LogP contribution is -2.37. The molecule has 1 aromatic heterocycles. The number of nitrogens with zero attached hydrogens (tertiary/aromatic N) is 1. The Hall–Kier alpha value is -1.89. The normalized spacial score (nSPS) is 27.5. The van der Waals surface area contributed by atoms with Gasteiger partial charge in [-0.25, -0.2) is 4.79 Å². The summed E-state index contributed by atoms with van der Waals surface area (Å²) in [6.07, 6.45) is 8.56. The second-order valence-corrected chi connectivity index (χ2v) is 7.94.